The van der Waals surface area contributed by atoms with Gasteiger partial charge < -0.3 is 40.2 Å². The van der Waals surface area contributed by atoms with Crippen molar-refractivity contribution in [3.05, 3.63) is 205 Å². The second-order valence-corrected chi connectivity index (χ2v) is 26.5. The van der Waals surface area contributed by atoms with E-state index in [4.69, 9.17) is 18.9 Å². The lowest BCUT2D eigenvalue weighted by Gasteiger charge is -2.07. The molecule has 36 heteroatoms. The van der Waals surface area contributed by atoms with Crippen molar-refractivity contribution < 1.29 is 38.1 Å². The van der Waals surface area contributed by atoms with Crippen molar-refractivity contribution in [3.63, 3.8) is 0 Å². The Balaban J connectivity index is 0.000000136. The Morgan fingerprint density at radius 3 is 0.991 bits per heavy atom. The Morgan fingerprint density at radius 1 is 0.367 bits per heavy atom. The van der Waals surface area contributed by atoms with E-state index in [-0.39, 0.29) is 23.6 Å². The number of hydrogen-bond acceptors (Lipinski definition) is 28. The molecule has 0 saturated heterocycles. The van der Waals surface area contributed by atoms with Gasteiger partial charge in [-0.2, -0.15) is 20.4 Å². The Bertz CT molecular complexity index is 5500. The molecule has 0 fully saturated rings. The number of H-pyrrole nitrogens is 4. The molecule has 0 aliphatic heterocycles. The number of pyridine rings is 4. The number of aromatic amines is 4. The van der Waals surface area contributed by atoms with Gasteiger partial charge in [-0.05, 0) is 126 Å². The summed E-state index contributed by atoms with van der Waals surface area (Å²) in [4.78, 5) is 103. The smallest absolute Gasteiger partial charge is 0.257 e. The van der Waals surface area contributed by atoms with Crippen LogP contribution < -0.4 is 40.2 Å². The largest absolute Gasteiger partial charge is 0.477 e. The third-order valence-corrected chi connectivity index (χ3v) is 19.2. The van der Waals surface area contributed by atoms with Gasteiger partial charge in [-0.15, -0.1) is 45.3 Å². The van der Waals surface area contributed by atoms with Gasteiger partial charge in [0.15, 0.2) is 23.3 Å². The number of carbonyl (C=O) groups excluding carboxylic acids is 4. The normalized spacial score (nSPS) is 10.6. The number of aryl methyl sites for hydroxylation is 2. The third kappa shape index (κ3) is 19.5. The van der Waals surface area contributed by atoms with Crippen molar-refractivity contribution in [3.8, 4) is 109 Å². The molecule has 3 aromatic carbocycles. The Kier molecular flexibility index (Phi) is 25.1. The number of nitrogens with zero attached hydrogens (tertiary/aromatic N) is 16. The van der Waals surface area contributed by atoms with Crippen LogP contribution in [0.3, 0.4) is 0 Å². The van der Waals surface area contributed by atoms with E-state index >= 15 is 0 Å². The van der Waals surface area contributed by atoms with Crippen LogP contribution in [0.25, 0.3) is 85.1 Å². The van der Waals surface area contributed by atoms with Gasteiger partial charge in [0.05, 0.1) is 26.4 Å². The Labute approximate surface area is 637 Å². The minimum atomic E-state index is -0.221. The van der Waals surface area contributed by atoms with Crippen LogP contribution in [0, 0.1) is 13.8 Å². The third-order valence-electron chi connectivity index (χ3n) is 14.8. The molecular formula is C73H66N24O8S4. The molecule has 15 aromatic rings. The van der Waals surface area contributed by atoms with Crippen molar-refractivity contribution in [1.82, 2.24) is 101 Å². The van der Waals surface area contributed by atoms with Crippen LogP contribution in [0.5, 0.6) is 23.5 Å². The number of amides is 4. The van der Waals surface area contributed by atoms with Crippen LogP contribution in [0.2, 0.25) is 0 Å². The molecule has 8 N–H and O–H groups in total. The number of rotatable bonds is 23. The Morgan fingerprint density at radius 2 is 0.679 bits per heavy atom. The zero-order valence-corrected chi connectivity index (χ0v) is 62.4. The van der Waals surface area contributed by atoms with E-state index in [1.165, 1.54) is 77.6 Å². The topological polar surface area (TPSA) is 423 Å². The molecule has 109 heavy (non-hydrogen) atoms. The number of benzene rings is 3. The molecule has 12 aromatic heterocycles. The number of aromatic nitrogens is 20. The predicted octanol–water partition coefficient (Wildman–Crippen LogP) is 13.9. The van der Waals surface area contributed by atoms with Gasteiger partial charge in [0.2, 0.25) is 29.4 Å². The lowest BCUT2D eigenvalue weighted by Crippen LogP contribution is -2.14. The first-order valence-corrected chi connectivity index (χ1v) is 36.7. The number of anilines is 4. The highest BCUT2D eigenvalue weighted by Gasteiger charge is 2.24. The average molecular weight is 1540 g/mol. The molecule has 0 bridgehead atoms. The predicted molar refractivity (Wildman–Crippen MR) is 415 cm³/mol. The summed E-state index contributed by atoms with van der Waals surface area (Å²) in [6, 6.07) is 38.2. The quantitative estimate of drug-likeness (QED) is 0.0295. The van der Waals surface area contributed by atoms with E-state index in [0.717, 1.165) is 72.9 Å². The first-order chi connectivity index (χ1) is 53.2. The number of nitrogens with one attached hydrogen (secondary N) is 8. The van der Waals surface area contributed by atoms with Crippen LogP contribution in [0.4, 0.5) is 23.3 Å². The van der Waals surface area contributed by atoms with Gasteiger partial charge >= 0.3 is 0 Å². The van der Waals surface area contributed by atoms with Crippen LogP contribution >= 0.6 is 45.3 Å². The molecule has 0 spiro atoms. The van der Waals surface area contributed by atoms with E-state index in [0.29, 0.717) is 113 Å². The van der Waals surface area contributed by atoms with Gasteiger partial charge in [0.1, 0.15) is 88.1 Å². The molecule has 0 atom stereocenters. The molecule has 32 nitrogen and oxygen atoms in total. The second-order valence-electron chi connectivity index (χ2n) is 22.5. The molecule has 12 heterocycles. The minimum absolute atomic E-state index is 0.175. The second kappa shape index (κ2) is 36.4. The summed E-state index contributed by atoms with van der Waals surface area (Å²) in [6.07, 6.45) is 12.3. The number of thiazole rings is 4. The highest BCUT2D eigenvalue weighted by molar-refractivity contribution is 7.19. The van der Waals surface area contributed by atoms with Crippen molar-refractivity contribution >= 4 is 92.2 Å². The SMILES string of the molecule is CCOc1nc(-c2ccnc(NC(=O)c3ccc(C)cc3)c2)sc1-c1ncn[nH]1.CCOc1nc(-c2ccnc(NC(=O)c3ccccc3)c2)sc1-c1ncn[nH]1.CCOc1nc(-c2ccnc(NC(=O)c3ccccc3C)c2)sc1-c1ncn[nH]1.CCOc1nc(-c2ccnc(NC(C)=O)c2)sc1-c1ncn[nH]1. The summed E-state index contributed by atoms with van der Waals surface area (Å²) < 4.78 is 22.5. The van der Waals surface area contributed by atoms with Crippen LogP contribution in [-0.2, 0) is 4.79 Å². The lowest BCUT2D eigenvalue weighted by molar-refractivity contribution is -0.114. The molecule has 0 unspecified atom stereocenters. The maximum Gasteiger partial charge on any atom is 0.257 e. The summed E-state index contributed by atoms with van der Waals surface area (Å²) >= 11 is 5.70. The van der Waals surface area contributed by atoms with Crippen molar-refractivity contribution in [1.29, 1.82) is 0 Å². The zero-order chi connectivity index (χ0) is 76.0. The zero-order valence-electron chi connectivity index (χ0n) is 59.1. The molecule has 0 aliphatic rings. The molecule has 550 valence electrons. The van der Waals surface area contributed by atoms with Crippen molar-refractivity contribution in [2.24, 2.45) is 0 Å². The van der Waals surface area contributed by atoms with Gasteiger partial charge in [0.25, 0.3) is 17.7 Å². The maximum absolute atomic E-state index is 12.6. The van der Waals surface area contributed by atoms with Gasteiger partial charge in [-0.25, -0.2) is 59.8 Å². The van der Waals surface area contributed by atoms with Gasteiger partial charge in [-0.1, -0.05) is 54.1 Å². The molecule has 0 saturated carbocycles. The van der Waals surface area contributed by atoms with E-state index < -0.39 is 0 Å². The van der Waals surface area contributed by atoms with E-state index in [9.17, 15) is 19.2 Å². The minimum Gasteiger partial charge on any atom is -0.477 e. The lowest BCUT2D eigenvalue weighted by atomic mass is 10.1. The van der Waals surface area contributed by atoms with Crippen molar-refractivity contribution in [2.45, 2.75) is 48.5 Å². The van der Waals surface area contributed by atoms with Crippen LogP contribution in [0.15, 0.2) is 177 Å². The fourth-order valence-corrected chi connectivity index (χ4v) is 13.7. The first kappa shape index (κ1) is 75.1. The van der Waals surface area contributed by atoms with Gasteiger partial charge in [0, 0.05) is 70.7 Å². The first-order valence-electron chi connectivity index (χ1n) is 33.4. The monoisotopic (exact) mass is 1530 g/mol. The summed E-state index contributed by atoms with van der Waals surface area (Å²) in [7, 11) is 0. The molecule has 0 radical (unpaired) electrons. The van der Waals surface area contributed by atoms with E-state index in [1.807, 2.05) is 114 Å². The number of ether oxygens (including phenoxy) is 4. The number of carbonyl (C=O) groups is 4. The summed E-state index contributed by atoms with van der Waals surface area (Å²) in [6.45, 7) is 14.8. The maximum atomic E-state index is 12.6. The Hall–Kier alpha value is -13.6. The fraction of sp³-hybridized carbons (Fsp3) is 0.151. The molecular weight excluding hydrogens is 1470 g/mol. The van der Waals surface area contributed by atoms with Crippen molar-refractivity contribution in [2.75, 3.05) is 47.7 Å². The fourth-order valence-electron chi connectivity index (χ4n) is 9.91. The van der Waals surface area contributed by atoms with Crippen LogP contribution in [0.1, 0.15) is 76.8 Å². The molecule has 15 rings (SSSR count). The summed E-state index contributed by atoms with van der Waals surface area (Å²) in [5, 5.41) is 40.9. The summed E-state index contributed by atoms with van der Waals surface area (Å²) in [5.74, 6) is 5.37. The highest BCUT2D eigenvalue weighted by Crippen LogP contribution is 2.43. The average Bonchev–Trinajstić information content (AvgIpc) is 1.68. The standard InChI is InChI=1S/2C20H18N6O2S.C19H16N6O2S.C14H14N6O2S/c1-3-28-19-16(17-22-11-23-26-17)29-20(25-19)14-8-9-21-15(10-14)24-18(27)13-6-4-12(2)5-7-13;1-3-28-19-16(17-22-11-23-26-17)29-20(25-19)13-8-9-21-15(10-13)24-18(27)14-7-5-4-6-12(14)2;1-2-27-18-15(16-21-11-22-25-16)28-19(24-18)13-8-9-20-14(10-13)23-17(26)12-6-4-3-5-7-12;1-3-22-13-11(12-16-7-17-20-12)23-14(19-13)9-4-5-15-10(6-9)18-8(2)21/h2*4-11H,3H2,1-2H3,(H,21,24,27)(H,22,23,26);3-11H,2H2,1H3,(H,20,23,26)(H,21,22,25);4-7H,3H2,1-2H3,(H,15,18,21)(H,16,17,20). The number of hydrogen-bond donors (Lipinski definition) is 8. The van der Waals surface area contributed by atoms with E-state index in [2.05, 4.69) is 122 Å². The highest BCUT2D eigenvalue weighted by atomic mass is 32.1. The van der Waals surface area contributed by atoms with E-state index in [1.54, 1.807) is 79.4 Å². The molecule has 4 amide bonds. The van der Waals surface area contributed by atoms with Gasteiger partial charge in [-0.3, -0.25) is 39.6 Å². The molecule has 0 aliphatic carbocycles. The summed E-state index contributed by atoms with van der Waals surface area (Å²) in [5.41, 5.74) is 7.03. The van der Waals surface area contributed by atoms with Crippen LogP contribution in [-0.4, -0.2) is 151 Å².